The van der Waals surface area contributed by atoms with E-state index in [-0.39, 0.29) is 29.6 Å². The Bertz CT molecular complexity index is 923. The molecule has 1 heterocycles. The van der Waals surface area contributed by atoms with Gasteiger partial charge < -0.3 is 41.2 Å². The number of ether oxygens (including phenoxy) is 2. The van der Waals surface area contributed by atoms with Crippen molar-refractivity contribution in [3.8, 4) is 11.5 Å². The van der Waals surface area contributed by atoms with Crippen LogP contribution in [0, 0.1) is 17.8 Å². The molecule has 2 fully saturated rings. The van der Waals surface area contributed by atoms with Crippen LogP contribution in [0.5, 0.6) is 11.5 Å². The van der Waals surface area contributed by atoms with E-state index in [1.54, 1.807) is 13.1 Å². The molecule has 214 valence electrons. The topological polar surface area (TPSA) is 159 Å². The van der Waals surface area contributed by atoms with Crippen LogP contribution < -0.4 is 21.1 Å². The standard InChI is InChI=1S/C28H46N4O6/c1-17-21(16-32-28(29)30-3)13-20(14-25(17)35)26(36)15-23(37-18(2)33)6-4-19-5-7-24(34)27(12-19)38-22-8-10-31-11-9-22/h5,7,12,17,20-23,25-26,31,34-36H,4,6,8-11,13-16H2,1-3H3,(H3,29,30,32)/t17-,20+,21-,23-,25+,26-/m1/s1. The van der Waals surface area contributed by atoms with E-state index in [4.69, 9.17) is 15.2 Å². The van der Waals surface area contributed by atoms with Crippen LogP contribution in [-0.4, -0.2) is 78.3 Å². The number of phenolic OH excluding ortho intramolecular Hbond substituents is 1. The van der Waals surface area contributed by atoms with E-state index >= 15 is 0 Å². The highest BCUT2D eigenvalue weighted by Gasteiger charge is 2.38. The molecular weight excluding hydrogens is 488 g/mol. The molecule has 10 nitrogen and oxygen atoms in total. The van der Waals surface area contributed by atoms with Gasteiger partial charge in [-0.1, -0.05) is 13.0 Å². The third-order valence-electron chi connectivity index (χ3n) is 8.03. The number of nitrogens with zero attached hydrogens (tertiary/aromatic N) is 1. The number of aliphatic hydroxyl groups is 2. The van der Waals surface area contributed by atoms with Crippen molar-refractivity contribution in [2.24, 2.45) is 28.5 Å². The van der Waals surface area contributed by atoms with Gasteiger partial charge in [0.15, 0.2) is 17.5 Å². The molecule has 7 N–H and O–H groups in total. The van der Waals surface area contributed by atoms with Gasteiger partial charge in [-0.25, -0.2) is 0 Å². The number of aliphatic imine (C=N–C) groups is 1. The van der Waals surface area contributed by atoms with Crippen LogP contribution in [0.15, 0.2) is 23.2 Å². The fourth-order valence-corrected chi connectivity index (χ4v) is 5.59. The number of carbonyl (C=O) groups is 1. The van der Waals surface area contributed by atoms with Crippen LogP contribution in [0.1, 0.15) is 57.9 Å². The lowest BCUT2D eigenvalue weighted by molar-refractivity contribution is -0.149. The zero-order valence-electron chi connectivity index (χ0n) is 22.9. The summed E-state index contributed by atoms with van der Waals surface area (Å²) in [5, 5.41) is 38.5. The summed E-state index contributed by atoms with van der Waals surface area (Å²) >= 11 is 0. The molecule has 6 atom stereocenters. The van der Waals surface area contributed by atoms with Crippen molar-refractivity contribution in [2.45, 2.75) is 83.2 Å². The van der Waals surface area contributed by atoms with Gasteiger partial charge in [0.05, 0.1) is 12.2 Å². The van der Waals surface area contributed by atoms with Gasteiger partial charge >= 0.3 is 5.97 Å². The van der Waals surface area contributed by atoms with Crippen molar-refractivity contribution in [1.29, 1.82) is 0 Å². The van der Waals surface area contributed by atoms with E-state index in [1.807, 2.05) is 19.1 Å². The number of hydrogen-bond acceptors (Lipinski definition) is 8. The monoisotopic (exact) mass is 534 g/mol. The number of phenols is 1. The van der Waals surface area contributed by atoms with Gasteiger partial charge in [-0.3, -0.25) is 9.79 Å². The zero-order chi connectivity index (χ0) is 27.7. The fraction of sp³-hybridized carbons (Fsp3) is 0.714. The number of piperidine rings is 1. The second-order valence-electron chi connectivity index (χ2n) is 10.9. The van der Waals surface area contributed by atoms with E-state index in [0.29, 0.717) is 43.9 Å². The third kappa shape index (κ3) is 9.03. The van der Waals surface area contributed by atoms with Crippen LogP contribution >= 0.6 is 0 Å². The molecule has 2 aliphatic rings. The maximum absolute atomic E-state index is 11.8. The van der Waals surface area contributed by atoms with Gasteiger partial charge in [-0.2, -0.15) is 0 Å². The minimum Gasteiger partial charge on any atom is -0.504 e. The number of guanidine groups is 1. The van der Waals surface area contributed by atoms with E-state index < -0.39 is 24.3 Å². The Morgan fingerprint density at radius 3 is 2.71 bits per heavy atom. The minimum absolute atomic E-state index is 0.0654. The highest BCUT2D eigenvalue weighted by atomic mass is 16.5. The molecule has 0 bridgehead atoms. The lowest BCUT2D eigenvalue weighted by Crippen LogP contribution is -2.45. The Kier molecular flexibility index (Phi) is 11.5. The van der Waals surface area contributed by atoms with Crippen molar-refractivity contribution in [3.63, 3.8) is 0 Å². The van der Waals surface area contributed by atoms with Crippen LogP contribution in [0.3, 0.4) is 0 Å². The normalized spacial score (nSPS) is 26.4. The molecular formula is C28H46N4O6. The van der Waals surface area contributed by atoms with E-state index in [1.165, 1.54) is 6.92 Å². The van der Waals surface area contributed by atoms with E-state index in [9.17, 15) is 20.1 Å². The number of aromatic hydroxyl groups is 1. The molecule has 38 heavy (non-hydrogen) atoms. The van der Waals surface area contributed by atoms with E-state index in [0.717, 1.165) is 37.9 Å². The number of aliphatic hydroxyl groups excluding tert-OH is 2. The lowest BCUT2D eigenvalue weighted by atomic mass is 9.70. The molecule has 1 saturated carbocycles. The molecule has 0 unspecified atom stereocenters. The quantitative estimate of drug-likeness (QED) is 0.141. The zero-order valence-corrected chi connectivity index (χ0v) is 22.9. The minimum atomic E-state index is -0.722. The molecule has 1 saturated heterocycles. The predicted octanol–water partition coefficient (Wildman–Crippen LogP) is 1.70. The largest absolute Gasteiger partial charge is 0.504 e. The molecule has 10 heteroatoms. The number of rotatable bonds is 11. The number of benzene rings is 1. The second kappa shape index (κ2) is 14.6. The summed E-state index contributed by atoms with van der Waals surface area (Å²) in [4.78, 5) is 15.8. The van der Waals surface area contributed by atoms with Crippen molar-refractivity contribution in [2.75, 3.05) is 26.7 Å². The van der Waals surface area contributed by atoms with Gasteiger partial charge in [0.1, 0.15) is 12.2 Å². The first kappa shape index (κ1) is 30.0. The summed E-state index contributed by atoms with van der Waals surface area (Å²) in [6.07, 6.45) is 2.76. The number of aryl methyl sites for hydroxylation is 1. The Morgan fingerprint density at radius 1 is 1.29 bits per heavy atom. The average molecular weight is 535 g/mol. The Balaban J connectivity index is 1.59. The van der Waals surface area contributed by atoms with Crippen LogP contribution in [0.2, 0.25) is 0 Å². The molecule has 1 aliphatic heterocycles. The van der Waals surface area contributed by atoms with Crippen molar-refractivity contribution in [3.05, 3.63) is 23.8 Å². The van der Waals surface area contributed by atoms with Crippen molar-refractivity contribution in [1.82, 2.24) is 10.6 Å². The lowest BCUT2D eigenvalue weighted by Gasteiger charge is -2.40. The highest BCUT2D eigenvalue weighted by Crippen LogP contribution is 2.37. The molecule has 1 aromatic rings. The van der Waals surface area contributed by atoms with Crippen LogP contribution in [0.25, 0.3) is 0 Å². The van der Waals surface area contributed by atoms with Gasteiger partial charge in [0, 0.05) is 26.9 Å². The highest BCUT2D eigenvalue weighted by molar-refractivity contribution is 5.77. The Morgan fingerprint density at radius 2 is 2.03 bits per heavy atom. The first-order chi connectivity index (χ1) is 18.2. The number of hydrogen-bond donors (Lipinski definition) is 6. The van der Waals surface area contributed by atoms with Gasteiger partial charge in [0.25, 0.3) is 0 Å². The maximum atomic E-state index is 11.8. The Hall–Kier alpha value is -2.56. The van der Waals surface area contributed by atoms with Crippen molar-refractivity contribution < 1.29 is 29.6 Å². The average Bonchev–Trinajstić information content (AvgIpc) is 2.89. The number of nitrogens with one attached hydrogen (secondary N) is 2. The van der Waals surface area contributed by atoms with Gasteiger partial charge in [-0.15, -0.1) is 0 Å². The van der Waals surface area contributed by atoms with E-state index in [2.05, 4.69) is 15.6 Å². The molecule has 1 aromatic carbocycles. The maximum Gasteiger partial charge on any atom is 0.302 e. The molecule has 3 rings (SSSR count). The van der Waals surface area contributed by atoms with Crippen LogP contribution in [-0.2, 0) is 16.0 Å². The number of nitrogens with two attached hydrogens (primary N) is 1. The smallest absolute Gasteiger partial charge is 0.302 e. The molecule has 0 amide bonds. The summed E-state index contributed by atoms with van der Waals surface area (Å²) in [5.41, 5.74) is 6.74. The first-order valence-corrected chi connectivity index (χ1v) is 13.8. The van der Waals surface area contributed by atoms with Gasteiger partial charge in [-0.05, 0) is 87.1 Å². The first-order valence-electron chi connectivity index (χ1n) is 13.8. The molecule has 0 radical (unpaired) electrons. The number of esters is 1. The predicted molar refractivity (Wildman–Crippen MR) is 146 cm³/mol. The molecule has 0 spiro atoms. The summed E-state index contributed by atoms with van der Waals surface area (Å²) in [6, 6.07) is 5.32. The summed E-state index contributed by atoms with van der Waals surface area (Å²) < 4.78 is 11.6. The number of carbonyl (C=O) groups excluding carboxylic acids is 1. The van der Waals surface area contributed by atoms with Crippen LogP contribution in [0.4, 0.5) is 0 Å². The molecule has 1 aliphatic carbocycles. The second-order valence-corrected chi connectivity index (χ2v) is 10.9. The fourth-order valence-electron chi connectivity index (χ4n) is 5.59. The SMILES string of the molecule is CN=C(N)NC[C@H]1C[C@H]([C@H](O)C[C@@H](CCc2ccc(O)c(OC3CCNCC3)c2)OC(C)=O)C[C@H](O)[C@@H]1C. The molecule has 0 aromatic heterocycles. The summed E-state index contributed by atoms with van der Waals surface area (Å²) in [6.45, 7) is 5.75. The third-order valence-corrected chi connectivity index (χ3v) is 8.03. The van der Waals surface area contributed by atoms with Gasteiger partial charge in [0.2, 0.25) is 0 Å². The summed E-state index contributed by atoms with van der Waals surface area (Å²) in [5.74, 6) is 0.610. The van der Waals surface area contributed by atoms with Crippen molar-refractivity contribution >= 4 is 11.9 Å². The summed E-state index contributed by atoms with van der Waals surface area (Å²) in [7, 11) is 1.61. The Labute approximate surface area is 226 Å².